The Bertz CT molecular complexity index is 831. The number of benzene rings is 1. The van der Waals surface area contributed by atoms with Crippen LogP contribution in [0.1, 0.15) is 46.7 Å². The van der Waals surface area contributed by atoms with E-state index in [0.717, 1.165) is 12.1 Å². The number of nitrogens with zero attached hydrogens (tertiary/aromatic N) is 1. The number of halogens is 4. The highest BCUT2D eigenvalue weighted by molar-refractivity contribution is 6.31. The monoisotopic (exact) mass is 358 g/mol. The Hall–Kier alpha value is -2.15. The Kier molecular flexibility index (Phi) is 5.13. The van der Waals surface area contributed by atoms with Crippen LogP contribution in [0.3, 0.4) is 0 Å². The Balaban J connectivity index is 2.20. The first-order chi connectivity index (χ1) is 11.1. The van der Waals surface area contributed by atoms with Crippen molar-refractivity contribution in [1.29, 1.82) is 0 Å². The van der Waals surface area contributed by atoms with Gasteiger partial charge in [-0.15, -0.1) is 0 Å². The molecule has 1 atom stereocenters. The van der Waals surface area contributed by atoms with Crippen molar-refractivity contribution in [3.63, 3.8) is 0 Å². The third kappa shape index (κ3) is 4.23. The normalized spacial score (nSPS) is 12.9. The fraction of sp³-hybridized carbons (Fsp3) is 0.312. The number of carbonyl (C=O) groups is 1. The first-order valence-electron chi connectivity index (χ1n) is 7.05. The number of hydrogen-bond acceptors (Lipinski definition) is 3. The summed E-state index contributed by atoms with van der Waals surface area (Å²) in [7, 11) is 0. The molecule has 0 amide bonds. The van der Waals surface area contributed by atoms with Crippen molar-refractivity contribution in [3.8, 4) is 0 Å². The van der Waals surface area contributed by atoms with Gasteiger partial charge in [0.05, 0.1) is 10.6 Å². The highest BCUT2D eigenvalue weighted by Crippen LogP contribution is 2.36. The maximum absolute atomic E-state index is 12.7. The Morgan fingerprint density at radius 2 is 2.00 bits per heavy atom. The largest absolute Gasteiger partial charge is 0.417 e. The molecule has 4 nitrogen and oxygen atoms in total. The highest BCUT2D eigenvalue weighted by atomic mass is 35.5. The molecular weight excluding hydrogens is 345 g/mol. The summed E-state index contributed by atoms with van der Waals surface area (Å²) < 4.78 is 38.1. The van der Waals surface area contributed by atoms with Gasteiger partial charge in [0.25, 0.3) is 5.56 Å². The summed E-state index contributed by atoms with van der Waals surface area (Å²) in [5, 5.41) is -0.413. The van der Waals surface area contributed by atoms with Gasteiger partial charge in [-0.05, 0) is 30.5 Å². The fourth-order valence-electron chi connectivity index (χ4n) is 2.29. The molecule has 1 aromatic carbocycles. The number of ketones is 1. The van der Waals surface area contributed by atoms with Crippen molar-refractivity contribution in [1.82, 2.24) is 9.97 Å². The number of alkyl halides is 3. The quantitative estimate of drug-likeness (QED) is 0.836. The predicted molar refractivity (Wildman–Crippen MR) is 83.4 cm³/mol. The number of aromatic nitrogens is 2. The number of rotatable bonds is 4. The van der Waals surface area contributed by atoms with E-state index in [9.17, 15) is 22.8 Å². The van der Waals surface area contributed by atoms with E-state index in [0.29, 0.717) is 11.4 Å². The lowest BCUT2D eigenvalue weighted by Gasteiger charge is -2.14. The highest BCUT2D eigenvalue weighted by Gasteiger charge is 2.33. The van der Waals surface area contributed by atoms with Gasteiger partial charge in [0, 0.05) is 12.5 Å². The van der Waals surface area contributed by atoms with Crippen LogP contribution >= 0.6 is 11.6 Å². The molecule has 0 aliphatic rings. The van der Waals surface area contributed by atoms with Crippen molar-refractivity contribution in [3.05, 3.63) is 62.3 Å². The van der Waals surface area contributed by atoms with E-state index in [2.05, 4.69) is 9.97 Å². The van der Waals surface area contributed by atoms with E-state index in [1.54, 1.807) is 13.8 Å². The van der Waals surface area contributed by atoms with Gasteiger partial charge in [-0.25, -0.2) is 4.98 Å². The van der Waals surface area contributed by atoms with Gasteiger partial charge in [-0.2, -0.15) is 13.2 Å². The summed E-state index contributed by atoms with van der Waals surface area (Å²) in [6.07, 6.45) is -4.53. The summed E-state index contributed by atoms with van der Waals surface area (Å²) in [5.74, 6) is -0.428. The molecule has 0 unspecified atom stereocenters. The van der Waals surface area contributed by atoms with Crippen LogP contribution in [0.2, 0.25) is 5.02 Å². The third-order valence-corrected chi connectivity index (χ3v) is 3.82. The standard InChI is InChI=1S/C16H14ClF3N2O2/c1-8(5-14(23)13-7-15(24)22-9(2)21-13)10-3-4-11(12(17)6-10)16(18,19)20/h3-4,6-8H,5H2,1-2H3,(H,21,22,24)/t8-/m0/s1. The van der Waals surface area contributed by atoms with E-state index in [-0.39, 0.29) is 23.8 Å². The van der Waals surface area contributed by atoms with Gasteiger partial charge >= 0.3 is 6.18 Å². The van der Waals surface area contributed by atoms with E-state index in [4.69, 9.17) is 11.6 Å². The molecule has 0 saturated heterocycles. The van der Waals surface area contributed by atoms with Crippen LogP contribution in [0.4, 0.5) is 13.2 Å². The van der Waals surface area contributed by atoms with E-state index in [1.807, 2.05) is 0 Å². The van der Waals surface area contributed by atoms with Gasteiger partial charge in [-0.3, -0.25) is 9.59 Å². The number of aryl methyl sites for hydroxylation is 1. The van der Waals surface area contributed by atoms with Gasteiger partial charge in [0.2, 0.25) is 0 Å². The molecule has 2 rings (SSSR count). The second-order valence-corrected chi connectivity index (χ2v) is 5.89. The average molecular weight is 359 g/mol. The average Bonchev–Trinajstić information content (AvgIpc) is 2.44. The summed E-state index contributed by atoms with van der Waals surface area (Å²) in [5.41, 5.74) is -0.821. The van der Waals surface area contributed by atoms with E-state index >= 15 is 0 Å². The van der Waals surface area contributed by atoms with Gasteiger partial charge in [0.1, 0.15) is 11.5 Å². The number of aromatic amines is 1. The zero-order valence-corrected chi connectivity index (χ0v) is 13.6. The van der Waals surface area contributed by atoms with Crippen molar-refractivity contribution in [2.45, 2.75) is 32.4 Å². The summed E-state index contributed by atoms with van der Waals surface area (Å²) in [6.45, 7) is 3.24. The minimum absolute atomic E-state index is 0.00239. The molecule has 24 heavy (non-hydrogen) atoms. The first-order valence-corrected chi connectivity index (χ1v) is 7.43. The topological polar surface area (TPSA) is 62.8 Å². The summed E-state index contributed by atoms with van der Waals surface area (Å²) in [4.78, 5) is 30.0. The Morgan fingerprint density at radius 3 is 2.54 bits per heavy atom. The third-order valence-electron chi connectivity index (χ3n) is 3.50. The van der Waals surface area contributed by atoms with Crippen molar-refractivity contribution in [2.75, 3.05) is 0 Å². The minimum atomic E-state index is -4.53. The zero-order chi connectivity index (χ0) is 18.1. The summed E-state index contributed by atoms with van der Waals surface area (Å²) >= 11 is 5.69. The first kappa shape index (κ1) is 18.2. The lowest BCUT2D eigenvalue weighted by molar-refractivity contribution is -0.137. The van der Waals surface area contributed by atoms with Crippen LogP contribution in [0.5, 0.6) is 0 Å². The van der Waals surface area contributed by atoms with Crippen LogP contribution in [0, 0.1) is 6.92 Å². The molecule has 0 aliphatic carbocycles. The second-order valence-electron chi connectivity index (χ2n) is 5.48. The molecule has 0 fully saturated rings. The maximum Gasteiger partial charge on any atom is 0.417 e. The molecule has 128 valence electrons. The molecule has 0 spiro atoms. The van der Waals surface area contributed by atoms with Crippen molar-refractivity contribution in [2.24, 2.45) is 0 Å². The molecule has 0 saturated carbocycles. The predicted octanol–water partition coefficient (Wildman–Crippen LogP) is 4.13. The molecule has 1 aromatic heterocycles. The Morgan fingerprint density at radius 1 is 1.33 bits per heavy atom. The second kappa shape index (κ2) is 6.76. The van der Waals surface area contributed by atoms with Gasteiger partial charge in [-0.1, -0.05) is 24.6 Å². The van der Waals surface area contributed by atoms with Crippen LogP contribution in [0.25, 0.3) is 0 Å². The number of H-pyrrole nitrogens is 1. The van der Waals surface area contributed by atoms with Crippen LogP contribution in [-0.4, -0.2) is 15.8 Å². The number of hydrogen-bond donors (Lipinski definition) is 1. The molecule has 0 aliphatic heterocycles. The maximum atomic E-state index is 12.7. The lowest BCUT2D eigenvalue weighted by atomic mass is 9.94. The molecule has 8 heteroatoms. The van der Waals surface area contributed by atoms with Gasteiger partial charge in [0.15, 0.2) is 5.78 Å². The number of Topliss-reactive ketones (excluding diaryl/α,β-unsaturated/α-hetero) is 1. The Labute approximate surface area is 140 Å². The van der Waals surface area contributed by atoms with E-state index in [1.165, 1.54) is 12.1 Å². The fourth-order valence-corrected chi connectivity index (χ4v) is 2.59. The smallest absolute Gasteiger partial charge is 0.311 e. The molecule has 1 heterocycles. The molecule has 0 radical (unpaired) electrons. The molecule has 0 bridgehead atoms. The number of carbonyl (C=O) groups excluding carboxylic acids is 1. The zero-order valence-electron chi connectivity index (χ0n) is 12.9. The SMILES string of the molecule is Cc1nc(C(=O)C[C@H](C)c2ccc(C(F)(F)F)c(Cl)c2)cc(=O)[nH]1. The summed E-state index contributed by atoms with van der Waals surface area (Å²) in [6, 6.07) is 4.50. The van der Waals surface area contributed by atoms with Crippen LogP contribution < -0.4 is 5.56 Å². The van der Waals surface area contributed by atoms with Crippen LogP contribution in [0.15, 0.2) is 29.1 Å². The van der Waals surface area contributed by atoms with Crippen molar-refractivity contribution >= 4 is 17.4 Å². The van der Waals surface area contributed by atoms with Crippen molar-refractivity contribution < 1.29 is 18.0 Å². The molecule has 1 N–H and O–H groups in total. The number of nitrogens with one attached hydrogen (secondary N) is 1. The molecule has 2 aromatic rings. The molecular formula is C16H14ClF3N2O2. The van der Waals surface area contributed by atoms with Crippen LogP contribution in [-0.2, 0) is 6.18 Å². The minimum Gasteiger partial charge on any atom is -0.311 e. The lowest BCUT2D eigenvalue weighted by Crippen LogP contribution is -2.15. The van der Waals surface area contributed by atoms with E-state index < -0.39 is 22.3 Å². The van der Waals surface area contributed by atoms with Gasteiger partial charge < -0.3 is 4.98 Å².